The zero-order chi connectivity index (χ0) is 13.2. The molecule has 1 saturated carbocycles. The van der Waals surface area contributed by atoms with Gasteiger partial charge in [-0.25, -0.2) is 0 Å². The summed E-state index contributed by atoms with van der Waals surface area (Å²) in [4.78, 5) is 6.79. The fourth-order valence-electron chi connectivity index (χ4n) is 2.92. The van der Waals surface area contributed by atoms with Crippen molar-refractivity contribution in [2.24, 2.45) is 16.6 Å². The number of benzene rings is 1. The highest BCUT2D eigenvalue weighted by Gasteiger charge is 2.32. The molecule has 1 fully saturated rings. The molecule has 1 heterocycles. The molecule has 102 valence electrons. The van der Waals surface area contributed by atoms with Crippen LogP contribution in [0.4, 0.5) is 0 Å². The lowest BCUT2D eigenvalue weighted by atomic mass is 9.93. The topological polar surface area (TPSA) is 41.6 Å². The predicted octanol–water partition coefficient (Wildman–Crippen LogP) is 2.59. The van der Waals surface area contributed by atoms with Gasteiger partial charge in [0.05, 0.1) is 12.6 Å². The highest BCUT2D eigenvalue weighted by atomic mass is 15.3. The summed E-state index contributed by atoms with van der Waals surface area (Å²) < 4.78 is 0. The molecule has 0 bridgehead atoms. The van der Waals surface area contributed by atoms with Crippen LogP contribution in [0.1, 0.15) is 37.7 Å². The Labute approximate surface area is 115 Å². The Hall–Kier alpha value is -1.51. The minimum atomic E-state index is 0.496. The van der Waals surface area contributed by atoms with Crippen LogP contribution in [-0.4, -0.2) is 30.0 Å². The Morgan fingerprint density at radius 3 is 2.74 bits per heavy atom. The number of hydrogen-bond donors (Lipinski definition) is 1. The lowest BCUT2D eigenvalue weighted by Crippen LogP contribution is -2.42. The fraction of sp³-hybridized carbons (Fsp3) is 0.562. The van der Waals surface area contributed by atoms with E-state index in [1.807, 2.05) is 0 Å². The van der Waals surface area contributed by atoms with E-state index in [4.69, 9.17) is 5.73 Å². The van der Waals surface area contributed by atoms with Gasteiger partial charge < -0.3 is 10.6 Å². The molecule has 19 heavy (non-hydrogen) atoms. The quantitative estimate of drug-likeness (QED) is 0.881. The minimum absolute atomic E-state index is 0.496. The van der Waals surface area contributed by atoms with Gasteiger partial charge in [0.15, 0.2) is 5.96 Å². The summed E-state index contributed by atoms with van der Waals surface area (Å²) in [5.41, 5.74) is 7.45. The van der Waals surface area contributed by atoms with E-state index in [2.05, 4.69) is 47.1 Å². The average molecular weight is 257 g/mol. The molecular formula is C16H23N3. The highest BCUT2D eigenvalue weighted by molar-refractivity contribution is 5.80. The van der Waals surface area contributed by atoms with Crippen molar-refractivity contribution >= 4 is 5.96 Å². The van der Waals surface area contributed by atoms with Crippen LogP contribution in [0.15, 0.2) is 35.3 Å². The van der Waals surface area contributed by atoms with Crippen molar-refractivity contribution in [1.29, 1.82) is 0 Å². The molecule has 0 aromatic heterocycles. The van der Waals surface area contributed by atoms with Gasteiger partial charge in [-0.15, -0.1) is 0 Å². The van der Waals surface area contributed by atoms with Crippen molar-refractivity contribution in [3.8, 4) is 0 Å². The fourth-order valence-corrected chi connectivity index (χ4v) is 2.92. The zero-order valence-electron chi connectivity index (χ0n) is 11.6. The van der Waals surface area contributed by atoms with Gasteiger partial charge in [-0.2, -0.15) is 0 Å². The second-order valence-corrected chi connectivity index (χ2v) is 6.00. The number of nitrogens with zero attached hydrogens (tertiary/aromatic N) is 2. The lowest BCUT2D eigenvalue weighted by molar-refractivity contribution is 0.300. The number of rotatable bonds is 5. The normalized spacial score (nSPS) is 24.4. The Morgan fingerprint density at radius 2 is 2.05 bits per heavy atom. The first-order chi connectivity index (χ1) is 9.24. The second kappa shape index (κ2) is 5.24. The Kier molecular flexibility index (Phi) is 3.45. The van der Waals surface area contributed by atoms with E-state index in [0.717, 1.165) is 31.4 Å². The summed E-state index contributed by atoms with van der Waals surface area (Å²) in [5, 5.41) is 0. The third kappa shape index (κ3) is 2.91. The third-order valence-electron chi connectivity index (χ3n) is 4.35. The molecule has 0 amide bonds. The molecule has 2 unspecified atom stereocenters. The first kappa shape index (κ1) is 12.5. The van der Waals surface area contributed by atoms with E-state index in [9.17, 15) is 0 Å². The van der Waals surface area contributed by atoms with Crippen molar-refractivity contribution in [2.75, 3.05) is 13.1 Å². The smallest absolute Gasteiger partial charge is 0.191 e. The molecule has 0 saturated heterocycles. The van der Waals surface area contributed by atoms with E-state index in [1.54, 1.807) is 0 Å². The maximum Gasteiger partial charge on any atom is 0.191 e. The van der Waals surface area contributed by atoms with Crippen molar-refractivity contribution < 1.29 is 0 Å². The van der Waals surface area contributed by atoms with E-state index >= 15 is 0 Å². The summed E-state index contributed by atoms with van der Waals surface area (Å²) in [7, 11) is 0. The molecule has 2 N–H and O–H groups in total. The van der Waals surface area contributed by atoms with Crippen LogP contribution in [0, 0.1) is 5.92 Å². The molecule has 1 aliphatic carbocycles. The maximum absolute atomic E-state index is 6.04. The monoisotopic (exact) mass is 257 g/mol. The van der Waals surface area contributed by atoms with Gasteiger partial charge >= 0.3 is 0 Å². The number of hydrogen-bond acceptors (Lipinski definition) is 3. The number of nitrogens with two attached hydrogens (primary N) is 1. The molecule has 3 heteroatoms. The first-order valence-electron chi connectivity index (χ1n) is 7.35. The molecule has 3 rings (SSSR count). The van der Waals surface area contributed by atoms with Gasteiger partial charge in [0.1, 0.15) is 0 Å². The van der Waals surface area contributed by atoms with Crippen LogP contribution in [0.2, 0.25) is 0 Å². The van der Waals surface area contributed by atoms with Crippen LogP contribution >= 0.6 is 0 Å². The van der Waals surface area contributed by atoms with Gasteiger partial charge in [0.25, 0.3) is 0 Å². The number of guanidine groups is 1. The van der Waals surface area contributed by atoms with Gasteiger partial charge in [0, 0.05) is 6.54 Å². The third-order valence-corrected chi connectivity index (χ3v) is 4.35. The predicted molar refractivity (Wildman–Crippen MR) is 79.2 cm³/mol. The summed E-state index contributed by atoms with van der Waals surface area (Å²) in [6, 6.07) is 11.2. The molecule has 0 radical (unpaired) electrons. The summed E-state index contributed by atoms with van der Waals surface area (Å²) in [6.45, 7) is 4.29. The van der Waals surface area contributed by atoms with Crippen molar-refractivity contribution in [3.05, 3.63) is 35.9 Å². The van der Waals surface area contributed by atoms with Crippen molar-refractivity contribution in [2.45, 2.75) is 38.1 Å². The first-order valence-corrected chi connectivity index (χ1v) is 7.35. The Morgan fingerprint density at radius 1 is 1.32 bits per heavy atom. The van der Waals surface area contributed by atoms with Gasteiger partial charge in [0.2, 0.25) is 0 Å². The standard InChI is InChI=1S/C16H23N3/c1-12(14-5-3-2-4-6-14)9-15-10-18-16(17)19(15)11-13-7-8-13/h2-6,12-13,15H,7-11H2,1H3,(H2,17,18). The molecule has 1 aromatic rings. The van der Waals surface area contributed by atoms with Crippen molar-refractivity contribution in [3.63, 3.8) is 0 Å². The van der Waals surface area contributed by atoms with Crippen LogP contribution in [-0.2, 0) is 0 Å². The second-order valence-electron chi connectivity index (χ2n) is 6.00. The zero-order valence-corrected chi connectivity index (χ0v) is 11.6. The highest BCUT2D eigenvalue weighted by Crippen LogP contribution is 2.32. The van der Waals surface area contributed by atoms with Crippen molar-refractivity contribution in [1.82, 2.24) is 4.90 Å². The maximum atomic E-state index is 6.04. The number of aliphatic imine (C=N–C) groups is 1. The SMILES string of the molecule is CC(CC1CN=C(N)N1CC1CC1)c1ccccc1. The summed E-state index contributed by atoms with van der Waals surface area (Å²) in [6.07, 6.45) is 3.87. The van der Waals surface area contributed by atoms with E-state index < -0.39 is 0 Å². The molecular weight excluding hydrogens is 234 g/mol. The molecule has 3 nitrogen and oxygen atoms in total. The summed E-state index contributed by atoms with van der Waals surface area (Å²) >= 11 is 0. The van der Waals surface area contributed by atoms with E-state index in [1.165, 1.54) is 18.4 Å². The van der Waals surface area contributed by atoms with E-state index in [0.29, 0.717) is 12.0 Å². The molecule has 2 atom stereocenters. The molecule has 1 aliphatic heterocycles. The molecule has 2 aliphatic rings. The van der Waals surface area contributed by atoms with Crippen LogP contribution in [0.25, 0.3) is 0 Å². The van der Waals surface area contributed by atoms with Crippen LogP contribution in [0.3, 0.4) is 0 Å². The van der Waals surface area contributed by atoms with Gasteiger partial charge in [-0.1, -0.05) is 37.3 Å². The minimum Gasteiger partial charge on any atom is -0.370 e. The summed E-state index contributed by atoms with van der Waals surface area (Å²) in [5.74, 6) is 2.19. The Balaban J connectivity index is 1.62. The lowest BCUT2D eigenvalue weighted by Gasteiger charge is -2.28. The van der Waals surface area contributed by atoms with Crippen LogP contribution in [0.5, 0.6) is 0 Å². The van der Waals surface area contributed by atoms with Gasteiger partial charge in [-0.05, 0) is 36.7 Å². The van der Waals surface area contributed by atoms with E-state index in [-0.39, 0.29) is 0 Å². The van der Waals surface area contributed by atoms with Crippen LogP contribution < -0.4 is 5.73 Å². The molecule has 1 aromatic carbocycles. The Bertz CT molecular complexity index is 450. The molecule has 0 spiro atoms. The van der Waals surface area contributed by atoms with Gasteiger partial charge in [-0.3, -0.25) is 4.99 Å². The largest absolute Gasteiger partial charge is 0.370 e. The average Bonchev–Trinajstić information content (AvgIpc) is 3.19.